The highest BCUT2D eigenvalue weighted by atomic mass is 32.2. The molecular weight excluding hydrogens is 248 g/mol. The Morgan fingerprint density at radius 1 is 1.44 bits per heavy atom. The lowest BCUT2D eigenvalue weighted by Crippen LogP contribution is -2.19. The molecule has 1 aromatic rings. The molecule has 1 amide bonds. The molecule has 1 aliphatic heterocycles. The third-order valence-corrected chi connectivity index (χ3v) is 3.57. The number of nitrogens with one attached hydrogen (secondary N) is 1. The standard InChI is InChI=1S/C13H14N2O2S/c1-4-11-12(16)15-13(18-11)14-10-6-5-9(17-3)7-8(10)2/h4-7H,1-3H3,(H,14,15,16)/b11-4-. The first-order valence-electron chi connectivity index (χ1n) is 5.53. The Morgan fingerprint density at radius 2 is 2.22 bits per heavy atom. The summed E-state index contributed by atoms with van der Waals surface area (Å²) in [6.45, 7) is 3.80. The number of methoxy groups -OCH3 is 1. The number of nitrogens with zero attached hydrogens (tertiary/aromatic N) is 1. The number of amidine groups is 1. The van der Waals surface area contributed by atoms with Crippen molar-refractivity contribution >= 4 is 28.5 Å². The number of rotatable bonds is 2. The molecule has 0 aliphatic carbocycles. The van der Waals surface area contributed by atoms with E-state index in [0.29, 0.717) is 10.1 Å². The van der Waals surface area contributed by atoms with E-state index in [2.05, 4.69) is 10.3 Å². The Morgan fingerprint density at radius 3 is 2.78 bits per heavy atom. The van der Waals surface area contributed by atoms with Crippen molar-refractivity contribution in [1.29, 1.82) is 0 Å². The molecule has 94 valence electrons. The van der Waals surface area contributed by atoms with Crippen LogP contribution in [-0.4, -0.2) is 18.2 Å². The van der Waals surface area contributed by atoms with Gasteiger partial charge in [-0.25, -0.2) is 4.99 Å². The number of allylic oxidation sites excluding steroid dienone is 1. The van der Waals surface area contributed by atoms with Gasteiger partial charge in [-0.15, -0.1) is 0 Å². The van der Waals surface area contributed by atoms with Crippen molar-refractivity contribution in [3.8, 4) is 5.75 Å². The molecular formula is C13H14N2O2S. The number of aryl methyl sites for hydroxylation is 1. The molecule has 2 rings (SSSR count). The van der Waals surface area contributed by atoms with Crippen LogP contribution in [0.4, 0.5) is 5.69 Å². The van der Waals surface area contributed by atoms with Crippen molar-refractivity contribution in [2.45, 2.75) is 13.8 Å². The van der Waals surface area contributed by atoms with Crippen molar-refractivity contribution in [3.05, 3.63) is 34.7 Å². The molecule has 5 heteroatoms. The smallest absolute Gasteiger partial charge is 0.263 e. The Bertz CT molecular complexity index is 550. The van der Waals surface area contributed by atoms with Crippen molar-refractivity contribution in [3.63, 3.8) is 0 Å². The van der Waals surface area contributed by atoms with Crippen LogP contribution in [0, 0.1) is 6.92 Å². The molecule has 0 radical (unpaired) electrons. The topological polar surface area (TPSA) is 50.7 Å². The van der Waals surface area contributed by atoms with E-state index in [-0.39, 0.29) is 5.91 Å². The molecule has 1 aromatic carbocycles. The number of hydrogen-bond acceptors (Lipinski definition) is 4. The first-order chi connectivity index (χ1) is 8.63. The van der Waals surface area contributed by atoms with Gasteiger partial charge < -0.3 is 10.1 Å². The molecule has 0 atom stereocenters. The highest BCUT2D eigenvalue weighted by molar-refractivity contribution is 8.18. The van der Waals surface area contributed by atoms with Crippen LogP contribution in [0.2, 0.25) is 0 Å². The SMILES string of the molecule is C/C=C1\S/C(=N\c2ccc(OC)cc2C)NC1=O. The minimum absolute atomic E-state index is 0.0904. The first-order valence-corrected chi connectivity index (χ1v) is 6.34. The number of benzene rings is 1. The zero-order chi connectivity index (χ0) is 13.1. The van der Waals surface area contributed by atoms with Gasteiger partial charge >= 0.3 is 0 Å². The van der Waals surface area contributed by atoms with Crippen molar-refractivity contribution in [2.24, 2.45) is 4.99 Å². The summed E-state index contributed by atoms with van der Waals surface area (Å²) in [7, 11) is 1.63. The largest absolute Gasteiger partial charge is 0.497 e. The summed E-state index contributed by atoms with van der Waals surface area (Å²) in [6, 6.07) is 5.64. The zero-order valence-corrected chi connectivity index (χ0v) is 11.3. The summed E-state index contributed by atoms with van der Waals surface area (Å²) < 4.78 is 5.14. The maximum absolute atomic E-state index is 11.5. The number of carbonyl (C=O) groups is 1. The minimum atomic E-state index is -0.0904. The molecule has 0 spiro atoms. The Kier molecular flexibility index (Phi) is 3.72. The molecule has 0 bridgehead atoms. The maximum Gasteiger partial charge on any atom is 0.263 e. The molecule has 0 saturated carbocycles. The lowest BCUT2D eigenvalue weighted by atomic mass is 10.2. The van der Waals surface area contributed by atoms with Crippen LogP contribution in [0.25, 0.3) is 0 Å². The molecule has 1 heterocycles. The molecule has 1 fully saturated rings. The number of amides is 1. The summed E-state index contributed by atoms with van der Waals surface area (Å²) in [5, 5.41) is 3.35. The average molecular weight is 262 g/mol. The van der Waals surface area contributed by atoms with Crippen LogP contribution in [0.5, 0.6) is 5.75 Å². The highest BCUT2D eigenvalue weighted by Gasteiger charge is 2.22. The van der Waals surface area contributed by atoms with E-state index >= 15 is 0 Å². The van der Waals surface area contributed by atoms with Crippen LogP contribution < -0.4 is 10.1 Å². The molecule has 18 heavy (non-hydrogen) atoms. The van der Waals surface area contributed by atoms with Gasteiger partial charge in [0.15, 0.2) is 5.17 Å². The number of aliphatic imine (C=N–C) groups is 1. The fourth-order valence-electron chi connectivity index (χ4n) is 1.57. The van der Waals surface area contributed by atoms with E-state index in [9.17, 15) is 4.79 Å². The van der Waals surface area contributed by atoms with E-state index in [1.54, 1.807) is 13.2 Å². The lowest BCUT2D eigenvalue weighted by Gasteiger charge is -2.04. The van der Waals surface area contributed by atoms with E-state index in [4.69, 9.17) is 4.74 Å². The summed E-state index contributed by atoms with van der Waals surface area (Å²) in [4.78, 5) is 16.6. The van der Waals surface area contributed by atoms with Gasteiger partial charge in [0.2, 0.25) is 0 Å². The number of carbonyl (C=O) groups excluding carboxylic acids is 1. The quantitative estimate of drug-likeness (QED) is 0.834. The lowest BCUT2D eigenvalue weighted by molar-refractivity contribution is -0.115. The van der Waals surface area contributed by atoms with Crippen molar-refractivity contribution in [1.82, 2.24) is 5.32 Å². The van der Waals surface area contributed by atoms with E-state index in [1.807, 2.05) is 32.0 Å². The van der Waals surface area contributed by atoms with Gasteiger partial charge in [-0.3, -0.25) is 4.79 Å². The molecule has 1 N–H and O–H groups in total. The van der Waals surface area contributed by atoms with Crippen LogP contribution in [0.1, 0.15) is 12.5 Å². The van der Waals surface area contributed by atoms with Crippen LogP contribution in [0.15, 0.2) is 34.2 Å². The highest BCUT2D eigenvalue weighted by Crippen LogP contribution is 2.28. The third-order valence-electron chi connectivity index (χ3n) is 2.54. The third kappa shape index (κ3) is 2.56. The van der Waals surface area contributed by atoms with Crippen LogP contribution in [-0.2, 0) is 4.79 Å². The van der Waals surface area contributed by atoms with E-state index in [0.717, 1.165) is 17.0 Å². The molecule has 0 aromatic heterocycles. The van der Waals surface area contributed by atoms with Gasteiger partial charge in [-0.1, -0.05) is 6.08 Å². The monoisotopic (exact) mass is 262 g/mol. The average Bonchev–Trinajstić information content (AvgIpc) is 2.72. The van der Waals surface area contributed by atoms with E-state index < -0.39 is 0 Å². The van der Waals surface area contributed by atoms with Crippen LogP contribution >= 0.6 is 11.8 Å². The molecule has 1 saturated heterocycles. The second kappa shape index (κ2) is 5.27. The molecule has 0 unspecified atom stereocenters. The van der Waals surface area contributed by atoms with Gasteiger partial charge in [0.1, 0.15) is 5.75 Å². The summed E-state index contributed by atoms with van der Waals surface area (Å²) in [6.07, 6.45) is 1.78. The first kappa shape index (κ1) is 12.7. The van der Waals surface area contributed by atoms with E-state index in [1.165, 1.54) is 11.8 Å². The molecule has 1 aliphatic rings. The van der Waals surface area contributed by atoms with Gasteiger partial charge in [-0.05, 0) is 49.4 Å². The molecule has 4 nitrogen and oxygen atoms in total. The second-order valence-corrected chi connectivity index (χ2v) is 4.81. The predicted octanol–water partition coefficient (Wildman–Crippen LogP) is 2.76. The minimum Gasteiger partial charge on any atom is -0.497 e. The number of ether oxygens (including phenoxy) is 1. The Hall–Kier alpha value is -1.75. The normalized spacial score (nSPS) is 19.4. The van der Waals surface area contributed by atoms with Gasteiger partial charge in [0.25, 0.3) is 5.91 Å². The second-order valence-electron chi connectivity index (χ2n) is 3.78. The fraction of sp³-hybridized carbons (Fsp3) is 0.231. The predicted molar refractivity (Wildman–Crippen MR) is 74.3 cm³/mol. The number of hydrogen-bond donors (Lipinski definition) is 1. The fourth-order valence-corrected chi connectivity index (χ4v) is 2.32. The summed E-state index contributed by atoms with van der Waals surface area (Å²) in [5.74, 6) is 0.709. The summed E-state index contributed by atoms with van der Waals surface area (Å²) in [5.41, 5.74) is 1.83. The van der Waals surface area contributed by atoms with Crippen LogP contribution in [0.3, 0.4) is 0 Å². The zero-order valence-electron chi connectivity index (χ0n) is 10.5. The van der Waals surface area contributed by atoms with Gasteiger partial charge in [0, 0.05) is 0 Å². The van der Waals surface area contributed by atoms with Crippen molar-refractivity contribution in [2.75, 3.05) is 7.11 Å². The maximum atomic E-state index is 11.5. The van der Waals surface area contributed by atoms with Gasteiger partial charge in [-0.2, -0.15) is 0 Å². The van der Waals surface area contributed by atoms with Crippen molar-refractivity contribution < 1.29 is 9.53 Å². The Balaban J connectivity index is 2.27. The Labute approximate surface area is 110 Å². The number of thioether (sulfide) groups is 1. The van der Waals surface area contributed by atoms with Gasteiger partial charge in [0.05, 0.1) is 17.7 Å². The summed E-state index contributed by atoms with van der Waals surface area (Å²) >= 11 is 1.35.